The molecule has 0 aliphatic heterocycles. The summed E-state index contributed by atoms with van der Waals surface area (Å²) in [5.74, 6) is 0. The lowest BCUT2D eigenvalue weighted by Crippen LogP contribution is -1.99. The summed E-state index contributed by atoms with van der Waals surface area (Å²) in [6.45, 7) is 0.910. The summed E-state index contributed by atoms with van der Waals surface area (Å²) in [5, 5.41) is 4.16. The molecule has 0 unspecified atom stereocenters. The second-order valence-corrected chi connectivity index (χ2v) is 4.08. The van der Waals surface area contributed by atoms with Gasteiger partial charge in [0.1, 0.15) is 6.33 Å². The first-order valence-electron chi connectivity index (χ1n) is 4.93. The lowest BCUT2D eigenvalue weighted by atomic mass is 10.1. The fraction of sp³-hybridized carbons (Fsp3) is 0.273. The molecule has 0 saturated carbocycles. The summed E-state index contributed by atoms with van der Waals surface area (Å²) < 4.78 is 2.51. The highest BCUT2D eigenvalue weighted by molar-refractivity contribution is 9.10. The van der Waals surface area contributed by atoms with Crippen LogP contribution < -0.4 is 0 Å². The molecule has 0 aliphatic carbocycles. The highest BCUT2D eigenvalue weighted by Gasteiger charge is 1.96. The monoisotopic (exact) mass is 265 g/mol. The zero-order chi connectivity index (χ0) is 10.5. The lowest BCUT2D eigenvalue weighted by Gasteiger charge is -2.00. The fourth-order valence-electron chi connectivity index (χ4n) is 1.47. The van der Waals surface area contributed by atoms with Gasteiger partial charge in [0.25, 0.3) is 0 Å². The van der Waals surface area contributed by atoms with Gasteiger partial charge in [0, 0.05) is 6.54 Å². The van der Waals surface area contributed by atoms with Crippen molar-refractivity contribution in [3.8, 4) is 0 Å². The number of aromatic nitrogens is 3. The van der Waals surface area contributed by atoms with Crippen LogP contribution in [0.1, 0.15) is 12.0 Å². The lowest BCUT2D eigenvalue weighted by molar-refractivity contribution is 0.575. The van der Waals surface area contributed by atoms with Crippen molar-refractivity contribution in [2.24, 2.45) is 0 Å². The summed E-state index contributed by atoms with van der Waals surface area (Å²) in [4.78, 5) is 4.01. The predicted octanol–water partition coefficient (Wildman–Crippen LogP) is 2.67. The molecule has 78 valence electrons. The summed E-state index contributed by atoms with van der Waals surface area (Å²) >= 11 is 3.23. The average Bonchev–Trinajstić information content (AvgIpc) is 2.66. The number of rotatable bonds is 4. The molecule has 2 rings (SSSR count). The number of aryl methyl sites for hydroxylation is 2. The van der Waals surface area contributed by atoms with Crippen molar-refractivity contribution in [1.82, 2.24) is 14.8 Å². The van der Waals surface area contributed by atoms with Crippen molar-refractivity contribution in [3.63, 3.8) is 0 Å². The minimum absolute atomic E-state index is 0.655. The Morgan fingerprint density at radius 1 is 1.20 bits per heavy atom. The molecule has 2 aromatic rings. The van der Waals surface area contributed by atoms with Crippen molar-refractivity contribution < 1.29 is 0 Å². The van der Waals surface area contributed by atoms with Crippen molar-refractivity contribution in [2.75, 3.05) is 0 Å². The molecule has 0 amide bonds. The number of hydrogen-bond donors (Lipinski definition) is 0. The quantitative estimate of drug-likeness (QED) is 0.851. The van der Waals surface area contributed by atoms with E-state index in [0.29, 0.717) is 4.73 Å². The predicted molar refractivity (Wildman–Crippen MR) is 62.5 cm³/mol. The van der Waals surface area contributed by atoms with Crippen LogP contribution in [0, 0.1) is 0 Å². The van der Waals surface area contributed by atoms with Crippen LogP contribution >= 0.6 is 15.9 Å². The Hall–Kier alpha value is -1.16. The topological polar surface area (TPSA) is 30.7 Å². The molecule has 1 heterocycles. The van der Waals surface area contributed by atoms with E-state index in [-0.39, 0.29) is 0 Å². The third kappa shape index (κ3) is 3.16. The molecule has 0 radical (unpaired) electrons. The van der Waals surface area contributed by atoms with Gasteiger partial charge < -0.3 is 0 Å². The zero-order valence-corrected chi connectivity index (χ0v) is 9.89. The van der Waals surface area contributed by atoms with E-state index in [1.165, 1.54) is 5.56 Å². The summed E-state index contributed by atoms with van der Waals surface area (Å²) in [7, 11) is 0. The molecule has 0 atom stereocenters. The number of benzene rings is 1. The molecular formula is C11H12BrN3. The first kappa shape index (κ1) is 10.4. The zero-order valence-electron chi connectivity index (χ0n) is 8.31. The average molecular weight is 266 g/mol. The van der Waals surface area contributed by atoms with Crippen LogP contribution in [-0.2, 0) is 13.0 Å². The molecule has 0 spiro atoms. The third-order valence-corrected chi connectivity index (χ3v) is 2.57. The van der Waals surface area contributed by atoms with Gasteiger partial charge in [-0.3, -0.25) is 4.68 Å². The second-order valence-electron chi connectivity index (χ2n) is 3.37. The van der Waals surface area contributed by atoms with Gasteiger partial charge in [-0.2, -0.15) is 0 Å². The van der Waals surface area contributed by atoms with Gasteiger partial charge in [0.2, 0.25) is 4.73 Å². The van der Waals surface area contributed by atoms with E-state index in [0.717, 1.165) is 19.4 Å². The van der Waals surface area contributed by atoms with E-state index in [1.807, 2.05) is 10.7 Å². The van der Waals surface area contributed by atoms with Gasteiger partial charge in [-0.1, -0.05) is 30.3 Å². The van der Waals surface area contributed by atoms with Crippen molar-refractivity contribution in [2.45, 2.75) is 19.4 Å². The maximum atomic E-state index is 4.16. The standard InChI is InChI=1S/C11H12BrN3/c12-11-13-9-15(14-11)8-4-7-10-5-2-1-3-6-10/h1-3,5-6,9H,4,7-8H2. The normalized spacial score (nSPS) is 10.5. The van der Waals surface area contributed by atoms with Crippen LogP contribution in [0.5, 0.6) is 0 Å². The largest absolute Gasteiger partial charge is 0.252 e. The maximum Gasteiger partial charge on any atom is 0.217 e. The molecule has 15 heavy (non-hydrogen) atoms. The van der Waals surface area contributed by atoms with Crippen LogP contribution in [0.2, 0.25) is 0 Å². The third-order valence-electron chi connectivity index (χ3n) is 2.20. The number of hydrogen-bond acceptors (Lipinski definition) is 2. The Kier molecular flexibility index (Phi) is 3.50. The first-order chi connectivity index (χ1) is 7.34. The van der Waals surface area contributed by atoms with Crippen LogP contribution in [0.3, 0.4) is 0 Å². The van der Waals surface area contributed by atoms with E-state index in [4.69, 9.17) is 0 Å². The first-order valence-corrected chi connectivity index (χ1v) is 5.73. The molecule has 0 N–H and O–H groups in total. The maximum absolute atomic E-state index is 4.16. The molecule has 3 nitrogen and oxygen atoms in total. The Labute approximate surface area is 97.3 Å². The highest BCUT2D eigenvalue weighted by Crippen LogP contribution is 2.04. The molecule has 0 fully saturated rings. The van der Waals surface area contributed by atoms with E-state index >= 15 is 0 Å². The van der Waals surface area contributed by atoms with Crippen molar-refractivity contribution in [3.05, 3.63) is 47.0 Å². The molecular weight excluding hydrogens is 254 g/mol. The van der Waals surface area contributed by atoms with Gasteiger partial charge >= 0.3 is 0 Å². The Bertz CT molecular complexity index is 411. The van der Waals surface area contributed by atoms with Gasteiger partial charge in [0.15, 0.2) is 0 Å². The van der Waals surface area contributed by atoms with Crippen LogP contribution in [-0.4, -0.2) is 14.8 Å². The van der Waals surface area contributed by atoms with Gasteiger partial charge in [0.05, 0.1) is 0 Å². The molecule has 1 aromatic carbocycles. The Balaban J connectivity index is 1.80. The van der Waals surface area contributed by atoms with Crippen LogP contribution in [0.25, 0.3) is 0 Å². The van der Waals surface area contributed by atoms with Crippen molar-refractivity contribution >= 4 is 15.9 Å². The number of halogens is 1. The highest BCUT2D eigenvalue weighted by atomic mass is 79.9. The van der Waals surface area contributed by atoms with E-state index < -0.39 is 0 Å². The molecule has 0 aliphatic rings. The second kappa shape index (κ2) is 5.07. The van der Waals surface area contributed by atoms with E-state index in [2.05, 4.69) is 50.3 Å². The van der Waals surface area contributed by atoms with Crippen LogP contribution in [0.15, 0.2) is 41.4 Å². The van der Waals surface area contributed by atoms with E-state index in [9.17, 15) is 0 Å². The minimum atomic E-state index is 0.655. The van der Waals surface area contributed by atoms with Gasteiger partial charge in [-0.15, -0.1) is 5.10 Å². The minimum Gasteiger partial charge on any atom is -0.252 e. The molecule has 0 saturated heterocycles. The Morgan fingerprint density at radius 2 is 2.00 bits per heavy atom. The van der Waals surface area contributed by atoms with Crippen molar-refractivity contribution in [1.29, 1.82) is 0 Å². The summed E-state index contributed by atoms with van der Waals surface area (Å²) in [6, 6.07) is 10.5. The molecule has 0 bridgehead atoms. The summed E-state index contributed by atoms with van der Waals surface area (Å²) in [5.41, 5.74) is 1.37. The van der Waals surface area contributed by atoms with Gasteiger partial charge in [-0.05, 0) is 34.3 Å². The fourth-order valence-corrected chi connectivity index (χ4v) is 1.76. The van der Waals surface area contributed by atoms with Crippen LogP contribution in [0.4, 0.5) is 0 Å². The SMILES string of the molecule is Brc1ncn(CCCc2ccccc2)n1. The van der Waals surface area contributed by atoms with E-state index in [1.54, 1.807) is 6.33 Å². The number of nitrogens with zero attached hydrogens (tertiary/aromatic N) is 3. The Morgan fingerprint density at radius 3 is 2.67 bits per heavy atom. The smallest absolute Gasteiger partial charge is 0.217 e. The summed E-state index contributed by atoms with van der Waals surface area (Å²) in [6.07, 6.45) is 3.91. The van der Waals surface area contributed by atoms with Gasteiger partial charge in [-0.25, -0.2) is 4.98 Å². The molecule has 4 heteroatoms. The molecule has 1 aromatic heterocycles.